The van der Waals surface area contributed by atoms with E-state index in [9.17, 15) is 0 Å². The monoisotopic (exact) mass is 200 g/mol. The van der Waals surface area contributed by atoms with Crippen LogP contribution in [0.5, 0.6) is 5.75 Å². The number of hydrogen-bond acceptors (Lipinski definition) is 2. The molecule has 0 bridgehead atoms. The van der Waals surface area contributed by atoms with Crippen LogP contribution in [0.25, 0.3) is 11.3 Å². The minimum atomic E-state index is 0.619. The third-order valence-corrected chi connectivity index (χ3v) is 2.84. The maximum Gasteiger partial charge on any atom is 0.129 e. The molecule has 0 saturated heterocycles. The fraction of sp³-hybridized carbons (Fsp3) is 0.250. The second-order valence-corrected chi connectivity index (χ2v) is 3.96. The highest BCUT2D eigenvalue weighted by Crippen LogP contribution is 2.37. The number of ether oxygens (including phenoxy) is 1. The van der Waals surface area contributed by atoms with Gasteiger partial charge in [0.05, 0.1) is 0 Å². The lowest BCUT2D eigenvalue weighted by Crippen LogP contribution is -2.05. The number of nitrogens with zero attached hydrogens (tertiary/aromatic N) is 1. The first-order valence-electron chi connectivity index (χ1n) is 5.03. The first-order chi connectivity index (χ1) is 7.25. The molecule has 0 atom stereocenters. The van der Waals surface area contributed by atoms with E-state index in [2.05, 4.69) is 29.3 Å². The first kappa shape index (κ1) is 8.53. The fourth-order valence-electron chi connectivity index (χ4n) is 1.96. The molecule has 3 heteroatoms. The summed E-state index contributed by atoms with van der Waals surface area (Å²) in [6.07, 6.45) is 0. The van der Waals surface area contributed by atoms with Gasteiger partial charge < -0.3 is 4.74 Å². The Labute approximate surface area is 88.1 Å². The van der Waals surface area contributed by atoms with Crippen LogP contribution < -0.4 is 4.74 Å². The maximum atomic E-state index is 5.68. The van der Waals surface area contributed by atoms with Gasteiger partial charge in [-0.1, -0.05) is 11.6 Å². The van der Waals surface area contributed by atoms with Crippen molar-refractivity contribution < 1.29 is 4.74 Å². The van der Waals surface area contributed by atoms with E-state index in [0.717, 1.165) is 22.7 Å². The molecule has 1 aliphatic rings. The zero-order chi connectivity index (χ0) is 10.4. The topological polar surface area (TPSA) is 37.9 Å². The van der Waals surface area contributed by atoms with Crippen molar-refractivity contribution >= 4 is 0 Å². The molecule has 0 unspecified atom stereocenters. The Balaban J connectivity index is 2.28. The molecule has 1 N–H and O–H groups in total. The van der Waals surface area contributed by atoms with Gasteiger partial charge in [-0.05, 0) is 26.0 Å². The Morgan fingerprint density at radius 1 is 1.33 bits per heavy atom. The van der Waals surface area contributed by atoms with Gasteiger partial charge in [-0.25, -0.2) is 0 Å². The Kier molecular flexibility index (Phi) is 1.63. The second-order valence-electron chi connectivity index (χ2n) is 3.96. The standard InChI is InChI=1S/C12H12N2O/c1-7-3-4-11-9(5-7)12-10(6-15-11)8(2)13-14-12/h3-5H,6H2,1-2H3,(H,13,14). The van der Waals surface area contributed by atoms with Crippen LogP contribution in [0.2, 0.25) is 0 Å². The van der Waals surface area contributed by atoms with Crippen LogP contribution in [-0.4, -0.2) is 10.2 Å². The lowest BCUT2D eigenvalue weighted by Gasteiger charge is -2.17. The smallest absolute Gasteiger partial charge is 0.129 e. The number of aromatic amines is 1. The van der Waals surface area contributed by atoms with Crippen LogP contribution in [0.1, 0.15) is 16.8 Å². The van der Waals surface area contributed by atoms with Gasteiger partial charge in [0.15, 0.2) is 0 Å². The van der Waals surface area contributed by atoms with E-state index in [1.807, 2.05) is 13.0 Å². The SMILES string of the molecule is Cc1ccc2c(c1)-c1n[nH]c(C)c1CO2. The zero-order valence-electron chi connectivity index (χ0n) is 8.79. The molecule has 2 heterocycles. The number of nitrogens with one attached hydrogen (secondary N) is 1. The van der Waals surface area contributed by atoms with Crippen molar-refractivity contribution in [3.63, 3.8) is 0 Å². The van der Waals surface area contributed by atoms with E-state index in [4.69, 9.17) is 4.74 Å². The number of hydrogen-bond donors (Lipinski definition) is 1. The van der Waals surface area contributed by atoms with E-state index in [0.29, 0.717) is 6.61 Å². The number of aryl methyl sites for hydroxylation is 2. The molecule has 3 rings (SSSR count). The summed E-state index contributed by atoms with van der Waals surface area (Å²) in [6, 6.07) is 6.19. The molecule has 0 amide bonds. The number of aromatic nitrogens is 2. The fourth-order valence-corrected chi connectivity index (χ4v) is 1.96. The molecular weight excluding hydrogens is 188 g/mol. The average molecular weight is 200 g/mol. The number of fused-ring (bicyclic) bond motifs is 3. The minimum absolute atomic E-state index is 0.619. The van der Waals surface area contributed by atoms with Gasteiger partial charge in [0.2, 0.25) is 0 Å². The molecule has 0 saturated carbocycles. The Hall–Kier alpha value is -1.77. The number of rotatable bonds is 0. The van der Waals surface area contributed by atoms with Gasteiger partial charge in [-0.2, -0.15) is 5.10 Å². The van der Waals surface area contributed by atoms with Crippen molar-refractivity contribution in [1.29, 1.82) is 0 Å². The molecule has 15 heavy (non-hydrogen) atoms. The van der Waals surface area contributed by atoms with E-state index < -0.39 is 0 Å². The van der Waals surface area contributed by atoms with Crippen LogP contribution in [0, 0.1) is 13.8 Å². The van der Waals surface area contributed by atoms with Crippen LogP contribution in [0.4, 0.5) is 0 Å². The predicted molar refractivity (Wildman–Crippen MR) is 57.8 cm³/mol. The van der Waals surface area contributed by atoms with Crippen molar-refractivity contribution in [2.24, 2.45) is 0 Å². The molecule has 1 aromatic heterocycles. The van der Waals surface area contributed by atoms with Crippen LogP contribution >= 0.6 is 0 Å². The molecule has 0 aliphatic carbocycles. The normalized spacial score (nSPS) is 12.9. The number of H-pyrrole nitrogens is 1. The summed E-state index contributed by atoms with van der Waals surface area (Å²) in [5.74, 6) is 0.930. The zero-order valence-corrected chi connectivity index (χ0v) is 8.79. The lowest BCUT2D eigenvalue weighted by atomic mass is 10.0. The molecule has 0 spiro atoms. The largest absolute Gasteiger partial charge is 0.488 e. The quantitative estimate of drug-likeness (QED) is 0.709. The Morgan fingerprint density at radius 2 is 2.20 bits per heavy atom. The van der Waals surface area contributed by atoms with E-state index >= 15 is 0 Å². The van der Waals surface area contributed by atoms with Crippen molar-refractivity contribution in [3.05, 3.63) is 35.0 Å². The van der Waals surface area contributed by atoms with Crippen molar-refractivity contribution in [2.75, 3.05) is 0 Å². The summed E-state index contributed by atoms with van der Waals surface area (Å²) >= 11 is 0. The van der Waals surface area contributed by atoms with E-state index in [1.54, 1.807) is 0 Å². The van der Waals surface area contributed by atoms with E-state index in [1.165, 1.54) is 11.1 Å². The first-order valence-corrected chi connectivity index (χ1v) is 5.03. The van der Waals surface area contributed by atoms with Gasteiger partial charge in [0.25, 0.3) is 0 Å². The lowest BCUT2D eigenvalue weighted by molar-refractivity contribution is 0.301. The molecule has 0 fully saturated rings. The summed E-state index contributed by atoms with van der Waals surface area (Å²) in [5.41, 5.74) is 5.63. The summed E-state index contributed by atoms with van der Waals surface area (Å²) in [7, 11) is 0. The summed E-state index contributed by atoms with van der Waals surface area (Å²) in [4.78, 5) is 0. The van der Waals surface area contributed by atoms with Gasteiger partial charge in [0, 0.05) is 16.8 Å². The van der Waals surface area contributed by atoms with Gasteiger partial charge in [0.1, 0.15) is 18.1 Å². The molecule has 1 aromatic carbocycles. The molecule has 76 valence electrons. The van der Waals surface area contributed by atoms with Crippen molar-refractivity contribution in [3.8, 4) is 17.0 Å². The highest BCUT2D eigenvalue weighted by atomic mass is 16.5. The highest BCUT2D eigenvalue weighted by molar-refractivity contribution is 5.72. The highest BCUT2D eigenvalue weighted by Gasteiger charge is 2.21. The third kappa shape index (κ3) is 1.16. The maximum absolute atomic E-state index is 5.68. The summed E-state index contributed by atoms with van der Waals surface area (Å²) in [5, 5.41) is 7.34. The number of benzene rings is 1. The Bertz CT molecular complexity index is 528. The van der Waals surface area contributed by atoms with Crippen LogP contribution in [0.15, 0.2) is 18.2 Å². The van der Waals surface area contributed by atoms with Crippen molar-refractivity contribution in [2.45, 2.75) is 20.5 Å². The van der Waals surface area contributed by atoms with Crippen LogP contribution in [-0.2, 0) is 6.61 Å². The van der Waals surface area contributed by atoms with Gasteiger partial charge in [-0.15, -0.1) is 0 Å². The van der Waals surface area contributed by atoms with Gasteiger partial charge in [-0.3, -0.25) is 5.10 Å². The molecule has 0 radical (unpaired) electrons. The average Bonchev–Trinajstić information content (AvgIpc) is 2.61. The van der Waals surface area contributed by atoms with Gasteiger partial charge >= 0.3 is 0 Å². The molecule has 1 aliphatic heterocycles. The predicted octanol–water partition coefficient (Wildman–Crippen LogP) is 2.59. The molecule has 3 nitrogen and oxygen atoms in total. The van der Waals surface area contributed by atoms with E-state index in [-0.39, 0.29) is 0 Å². The van der Waals surface area contributed by atoms with Crippen LogP contribution in [0.3, 0.4) is 0 Å². The molecular formula is C12H12N2O. The third-order valence-electron chi connectivity index (χ3n) is 2.84. The van der Waals surface area contributed by atoms with Crippen molar-refractivity contribution in [1.82, 2.24) is 10.2 Å². The summed E-state index contributed by atoms with van der Waals surface area (Å²) < 4.78 is 5.68. The molecule has 2 aromatic rings. The Morgan fingerprint density at radius 3 is 3.07 bits per heavy atom. The summed E-state index contributed by atoms with van der Waals surface area (Å²) in [6.45, 7) is 4.72. The minimum Gasteiger partial charge on any atom is -0.488 e. The second kappa shape index (κ2) is 2.86.